The number of aliphatic hydroxyl groups excluding tert-OH is 1. The van der Waals surface area contributed by atoms with Crippen molar-refractivity contribution >= 4 is 21.3 Å². The highest BCUT2D eigenvalue weighted by Gasteiger charge is 2.00. The fourth-order valence-electron chi connectivity index (χ4n) is 1.20. The molecule has 0 aliphatic heterocycles. The summed E-state index contributed by atoms with van der Waals surface area (Å²) in [5.41, 5.74) is 0. The molecule has 0 heterocycles. The van der Waals surface area contributed by atoms with Gasteiger partial charge >= 0.3 is 9.17 Å². The van der Waals surface area contributed by atoms with Crippen LogP contribution < -0.4 is 0 Å². The third-order valence-corrected chi connectivity index (χ3v) is 2.65. The number of isocyanates is 2. The van der Waals surface area contributed by atoms with Crippen LogP contribution in [0.1, 0.15) is 38.5 Å². The summed E-state index contributed by atoms with van der Waals surface area (Å²) in [6.45, 7) is 1.48. The number of hydrogen-bond acceptors (Lipinski definition) is 7. The van der Waals surface area contributed by atoms with Crippen molar-refractivity contribution in [2.24, 2.45) is 9.98 Å². The minimum atomic E-state index is -2.75. The number of unbranched alkanes of at least 4 members (excludes halogenated alkanes) is 4. The molecule has 0 radical (unpaired) electrons. The molecule has 120 valence electrons. The van der Waals surface area contributed by atoms with Gasteiger partial charge in [-0.15, -0.1) is 0 Å². The van der Waals surface area contributed by atoms with E-state index in [2.05, 4.69) is 14.4 Å². The summed E-state index contributed by atoms with van der Waals surface area (Å²) in [5, 5.41) is 8.24. The topological polar surface area (TPSA) is 126 Å². The maximum absolute atomic E-state index is 9.86. The maximum atomic E-state index is 9.86. The van der Waals surface area contributed by atoms with E-state index in [9.17, 15) is 14.1 Å². The quantitative estimate of drug-likeness (QED) is 0.232. The van der Waals surface area contributed by atoms with Crippen LogP contribution in [0.4, 0.5) is 0 Å². The van der Waals surface area contributed by atoms with Gasteiger partial charge in [0.25, 0.3) is 0 Å². The van der Waals surface area contributed by atoms with Crippen molar-refractivity contribution in [3.05, 3.63) is 0 Å². The third-order valence-electron chi connectivity index (χ3n) is 2.20. The molecule has 8 nitrogen and oxygen atoms in total. The Morgan fingerprint density at radius 1 is 0.905 bits per heavy atom. The molecule has 0 unspecified atom stereocenters. The fraction of sp³-hybridized carbons (Fsp3) is 0.833. The van der Waals surface area contributed by atoms with E-state index < -0.39 is 9.17 Å². The van der Waals surface area contributed by atoms with Crippen LogP contribution in [0.25, 0.3) is 0 Å². The monoisotopic (exact) mass is 318 g/mol. The van der Waals surface area contributed by atoms with Gasteiger partial charge in [-0.05, 0) is 25.7 Å². The average molecular weight is 318 g/mol. The van der Waals surface area contributed by atoms with Crippen LogP contribution in [-0.2, 0) is 18.5 Å². The Hall–Kier alpha value is -1.66. The molecule has 0 saturated heterocycles. The van der Waals surface area contributed by atoms with E-state index in [4.69, 9.17) is 9.90 Å². The molecule has 0 amide bonds. The molecule has 0 fully saturated rings. The zero-order valence-electron chi connectivity index (χ0n) is 12.0. The van der Waals surface area contributed by atoms with E-state index in [1.807, 2.05) is 0 Å². The molecule has 0 aliphatic rings. The van der Waals surface area contributed by atoms with Crippen LogP contribution in [0.15, 0.2) is 9.98 Å². The van der Waals surface area contributed by atoms with E-state index in [1.165, 1.54) is 12.2 Å². The maximum Gasteiger partial charge on any atom is 0.764 e. The van der Waals surface area contributed by atoms with E-state index in [0.717, 1.165) is 25.7 Å². The molecule has 21 heavy (non-hydrogen) atoms. The molecule has 0 spiro atoms. The van der Waals surface area contributed by atoms with Gasteiger partial charge in [0.2, 0.25) is 12.2 Å². The minimum Gasteiger partial charge on any atom is -0.511 e. The van der Waals surface area contributed by atoms with Gasteiger partial charge in [-0.3, -0.25) is 4.46 Å². The van der Waals surface area contributed by atoms with Crippen LogP contribution in [0.2, 0.25) is 0 Å². The second-order valence-corrected chi connectivity index (χ2v) is 4.73. The summed E-state index contributed by atoms with van der Waals surface area (Å²) < 4.78 is 14.2. The van der Waals surface area contributed by atoms with Crippen molar-refractivity contribution < 1.29 is 28.4 Å². The molecule has 0 saturated carbocycles. The Morgan fingerprint density at radius 2 is 1.43 bits per heavy atom. The first-order chi connectivity index (χ1) is 10.2. The summed E-state index contributed by atoms with van der Waals surface area (Å²) >= 11 is 0. The number of aliphatic imine (C=N–C) groups is 2. The Labute approximate surface area is 125 Å². The van der Waals surface area contributed by atoms with E-state index in [-0.39, 0.29) is 13.2 Å². The summed E-state index contributed by atoms with van der Waals surface area (Å²) in [5.74, 6) is 0. The van der Waals surface area contributed by atoms with Crippen molar-refractivity contribution in [1.82, 2.24) is 0 Å². The molecular weight excluding hydrogens is 296 g/mol. The van der Waals surface area contributed by atoms with E-state index in [1.54, 1.807) is 0 Å². The normalized spacial score (nSPS) is 8.62. The van der Waals surface area contributed by atoms with Crippen molar-refractivity contribution in [2.45, 2.75) is 38.5 Å². The van der Waals surface area contributed by atoms with Crippen LogP contribution in [0.5, 0.6) is 0 Å². The number of nitrogens with zero attached hydrogens (tertiary/aromatic N) is 2. The zero-order valence-corrected chi connectivity index (χ0v) is 13.0. The Bertz CT molecular complexity index is 319. The van der Waals surface area contributed by atoms with Gasteiger partial charge in [0.05, 0.1) is 19.7 Å². The number of hydrogen-bond donors (Lipinski definition) is 2. The minimum absolute atomic E-state index is 0.107. The summed E-state index contributed by atoms with van der Waals surface area (Å²) in [6, 6.07) is 0. The Balaban J connectivity index is 0. The van der Waals surface area contributed by atoms with E-state index in [0.29, 0.717) is 25.9 Å². The van der Waals surface area contributed by atoms with Gasteiger partial charge in [0.1, 0.15) is 0 Å². The van der Waals surface area contributed by atoms with Gasteiger partial charge in [-0.2, -0.15) is 0 Å². The lowest BCUT2D eigenvalue weighted by atomic mass is 10.2. The lowest BCUT2D eigenvalue weighted by Gasteiger charge is -1.96. The van der Waals surface area contributed by atoms with E-state index >= 15 is 0 Å². The molecule has 0 rings (SSSR count). The third kappa shape index (κ3) is 27.5. The van der Waals surface area contributed by atoms with Crippen molar-refractivity contribution in [2.75, 3.05) is 26.3 Å². The number of carbonyl (C=O) groups excluding carboxylic acids is 2. The lowest BCUT2D eigenvalue weighted by molar-refractivity contribution is 0.206. The molecular formula is C12H22N2O6Si. The number of rotatable bonds is 12. The van der Waals surface area contributed by atoms with Gasteiger partial charge < -0.3 is 14.3 Å². The smallest absolute Gasteiger partial charge is 0.511 e. The van der Waals surface area contributed by atoms with Crippen molar-refractivity contribution in [3.63, 3.8) is 0 Å². The molecule has 0 aromatic rings. The van der Waals surface area contributed by atoms with Crippen LogP contribution in [-0.4, -0.2) is 57.5 Å². The predicted molar refractivity (Wildman–Crippen MR) is 75.4 cm³/mol. The zero-order chi connectivity index (χ0) is 16.2. The molecule has 2 N–H and O–H groups in total. The fourth-order valence-corrected chi connectivity index (χ4v) is 1.52. The Kier molecular flexibility index (Phi) is 21.3. The largest absolute Gasteiger partial charge is 0.764 e. The second-order valence-electron chi connectivity index (χ2n) is 3.91. The first kappa shape index (κ1) is 21.6. The molecule has 0 aromatic carbocycles. The average Bonchev–Trinajstić information content (AvgIpc) is 2.47. The second kappa shape index (κ2) is 20.7. The first-order valence-corrected chi connectivity index (χ1v) is 7.99. The standard InChI is InChI=1S/C8H12N2O2.C4H10O4Si/c11-7-9-5-3-1-2-4-6-10-8-12;5-3-1-2-4-8-9(6)7/h1-6H2;5-6H,1-4H2. The van der Waals surface area contributed by atoms with Crippen LogP contribution in [0.3, 0.4) is 0 Å². The van der Waals surface area contributed by atoms with Crippen molar-refractivity contribution in [3.8, 4) is 0 Å². The Morgan fingerprint density at radius 3 is 1.81 bits per heavy atom. The van der Waals surface area contributed by atoms with Crippen LogP contribution in [0, 0.1) is 0 Å². The van der Waals surface area contributed by atoms with Gasteiger partial charge in [-0.1, -0.05) is 12.8 Å². The lowest BCUT2D eigenvalue weighted by Crippen LogP contribution is -2.06. The van der Waals surface area contributed by atoms with Gasteiger partial charge in [-0.25, -0.2) is 19.6 Å². The predicted octanol–water partition coefficient (Wildman–Crippen LogP) is 0.402. The SMILES string of the molecule is O=C=NCCCCCCN=C=O.O=[Si](O)OCCCCO. The van der Waals surface area contributed by atoms with Gasteiger partial charge in [0.15, 0.2) is 0 Å². The first-order valence-electron chi connectivity index (χ1n) is 6.72. The summed E-state index contributed by atoms with van der Waals surface area (Å²) in [4.78, 5) is 34.2. The molecule has 0 atom stereocenters. The highest BCUT2D eigenvalue weighted by Crippen LogP contribution is 1.99. The summed E-state index contributed by atoms with van der Waals surface area (Å²) in [6.07, 6.45) is 8.05. The molecule has 0 bridgehead atoms. The highest BCUT2D eigenvalue weighted by molar-refractivity contribution is 6.24. The number of aliphatic hydroxyl groups is 1. The van der Waals surface area contributed by atoms with Gasteiger partial charge in [0, 0.05) is 6.61 Å². The highest BCUT2D eigenvalue weighted by atomic mass is 28.3. The van der Waals surface area contributed by atoms with Crippen molar-refractivity contribution in [1.29, 1.82) is 0 Å². The molecule has 0 aliphatic carbocycles. The summed E-state index contributed by atoms with van der Waals surface area (Å²) in [7, 11) is -2.75. The molecule has 0 aromatic heterocycles. The molecule has 9 heteroatoms. The van der Waals surface area contributed by atoms with Crippen LogP contribution >= 0.6 is 0 Å².